The van der Waals surface area contributed by atoms with E-state index < -0.39 is 16.6 Å². The molecule has 132 valence electrons. The van der Waals surface area contributed by atoms with Crippen molar-refractivity contribution in [3.05, 3.63) is 65.7 Å². The Morgan fingerprint density at radius 1 is 1.16 bits per heavy atom. The molecule has 0 bridgehead atoms. The minimum absolute atomic E-state index is 0.148. The van der Waals surface area contributed by atoms with Gasteiger partial charge in [0, 0.05) is 5.71 Å². The van der Waals surface area contributed by atoms with E-state index in [1.165, 1.54) is 12.1 Å². The monoisotopic (exact) mass is 360 g/mol. The first-order valence-electron chi connectivity index (χ1n) is 9.08. The van der Waals surface area contributed by atoms with E-state index in [1.807, 2.05) is 37.3 Å². The SMILES string of the molecule is [2H]C([2H])(OCc1ccccc1)C1CC(=NNS(=O)(=O)c2ccc(C)cc2)C1. The van der Waals surface area contributed by atoms with Crippen LogP contribution >= 0.6 is 0 Å². The smallest absolute Gasteiger partial charge is 0.276 e. The van der Waals surface area contributed by atoms with Crippen LogP contribution in [0.15, 0.2) is 64.6 Å². The van der Waals surface area contributed by atoms with E-state index in [1.54, 1.807) is 12.1 Å². The van der Waals surface area contributed by atoms with Gasteiger partial charge in [0.25, 0.3) is 10.0 Å². The van der Waals surface area contributed by atoms with Gasteiger partial charge in [-0.1, -0.05) is 48.0 Å². The summed E-state index contributed by atoms with van der Waals surface area (Å²) in [5.41, 5.74) is 2.49. The molecule has 0 atom stereocenters. The molecule has 25 heavy (non-hydrogen) atoms. The molecule has 3 rings (SSSR count). The van der Waals surface area contributed by atoms with Crippen molar-refractivity contribution in [3.63, 3.8) is 0 Å². The van der Waals surface area contributed by atoms with E-state index >= 15 is 0 Å². The van der Waals surface area contributed by atoms with Crippen LogP contribution in [0.4, 0.5) is 0 Å². The molecule has 6 heteroatoms. The minimum Gasteiger partial charge on any atom is -0.376 e. The van der Waals surface area contributed by atoms with Crippen LogP contribution in [0, 0.1) is 12.8 Å². The highest BCUT2D eigenvalue weighted by molar-refractivity contribution is 7.89. The summed E-state index contributed by atoms with van der Waals surface area (Å²) >= 11 is 0. The Balaban J connectivity index is 1.52. The lowest BCUT2D eigenvalue weighted by molar-refractivity contribution is 0.0836. The van der Waals surface area contributed by atoms with Gasteiger partial charge in [0.2, 0.25) is 0 Å². The zero-order valence-corrected chi connectivity index (χ0v) is 14.8. The molecule has 0 saturated heterocycles. The van der Waals surface area contributed by atoms with Crippen molar-refractivity contribution in [1.29, 1.82) is 0 Å². The fraction of sp³-hybridized carbons (Fsp3) is 0.316. The zero-order chi connectivity index (χ0) is 19.5. The molecule has 1 aliphatic rings. The zero-order valence-electron chi connectivity index (χ0n) is 16.0. The van der Waals surface area contributed by atoms with Gasteiger partial charge in [-0.15, -0.1) is 0 Å². The number of hydrogen-bond donors (Lipinski definition) is 1. The molecule has 0 spiro atoms. The van der Waals surface area contributed by atoms with Gasteiger partial charge in [0.15, 0.2) is 0 Å². The van der Waals surface area contributed by atoms with Crippen molar-refractivity contribution in [1.82, 2.24) is 4.83 Å². The van der Waals surface area contributed by atoms with Crippen LogP contribution in [0.25, 0.3) is 0 Å². The maximum atomic E-state index is 12.2. The maximum Gasteiger partial charge on any atom is 0.276 e. The summed E-state index contributed by atoms with van der Waals surface area (Å²) in [5, 5.41) is 3.94. The Bertz CT molecular complexity index is 906. The van der Waals surface area contributed by atoms with E-state index in [0.717, 1.165) is 11.1 Å². The van der Waals surface area contributed by atoms with Crippen LogP contribution in [0.2, 0.25) is 0 Å². The largest absolute Gasteiger partial charge is 0.376 e. The lowest BCUT2D eigenvalue weighted by Crippen LogP contribution is -2.31. The van der Waals surface area contributed by atoms with E-state index in [9.17, 15) is 8.42 Å². The number of nitrogens with zero attached hydrogens (tertiary/aromatic N) is 1. The van der Waals surface area contributed by atoms with Gasteiger partial charge < -0.3 is 4.74 Å². The molecule has 1 aliphatic carbocycles. The lowest BCUT2D eigenvalue weighted by atomic mass is 9.84. The lowest BCUT2D eigenvalue weighted by Gasteiger charge is -2.27. The average Bonchev–Trinajstić information content (AvgIpc) is 2.60. The summed E-state index contributed by atoms with van der Waals surface area (Å²) in [6.07, 6.45) is 0.719. The first-order valence-corrected chi connectivity index (χ1v) is 9.56. The Morgan fingerprint density at radius 3 is 2.52 bits per heavy atom. The third kappa shape index (κ3) is 4.90. The molecule has 0 heterocycles. The highest BCUT2D eigenvalue weighted by atomic mass is 32.2. The van der Waals surface area contributed by atoms with Gasteiger partial charge in [-0.3, -0.25) is 0 Å². The third-order valence-corrected chi connectivity index (χ3v) is 5.18. The molecule has 1 saturated carbocycles. The van der Waals surface area contributed by atoms with E-state index in [4.69, 9.17) is 7.48 Å². The number of ether oxygens (including phenoxy) is 1. The van der Waals surface area contributed by atoms with Crippen LogP contribution in [-0.2, 0) is 21.4 Å². The van der Waals surface area contributed by atoms with Gasteiger partial charge in [-0.2, -0.15) is 13.5 Å². The van der Waals surface area contributed by atoms with E-state index in [-0.39, 0.29) is 17.4 Å². The topological polar surface area (TPSA) is 67.8 Å². The number of aryl methyl sites for hydroxylation is 1. The van der Waals surface area contributed by atoms with Crippen LogP contribution in [0.3, 0.4) is 0 Å². The maximum absolute atomic E-state index is 12.2. The summed E-state index contributed by atoms with van der Waals surface area (Å²) < 4.78 is 46.0. The number of sulfonamides is 1. The summed E-state index contributed by atoms with van der Waals surface area (Å²) in [6, 6.07) is 15.9. The number of hydrazone groups is 1. The van der Waals surface area contributed by atoms with Crippen LogP contribution in [0.5, 0.6) is 0 Å². The van der Waals surface area contributed by atoms with E-state index in [0.29, 0.717) is 18.6 Å². The Kier molecular flexibility index (Phi) is 4.71. The molecule has 2 aromatic carbocycles. The normalized spacial score (nSPS) is 18.8. The summed E-state index contributed by atoms with van der Waals surface area (Å²) in [6.45, 7) is 0.286. The minimum atomic E-state index is -3.71. The molecule has 0 unspecified atom stereocenters. The molecule has 0 aromatic heterocycles. The Hall–Kier alpha value is -2.18. The molecule has 0 radical (unpaired) electrons. The van der Waals surface area contributed by atoms with Crippen LogP contribution in [0.1, 0.15) is 26.7 Å². The highest BCUT2D eigenvalue weighted by Gasteiger charge is 2.25. The van der Waals surface area contributed by atoms with Crippen LogP contribution in [-0.4, -0.2) is 20.7 Å². The first kappa shape index (κ1) is 15.1. The highest BCUT2D eigenvalue weighted by Crippen LogP contribution is 2.25. The van der Waals surface area contributed by atoms with Crippen molar-refractivity contribution < 1.29 is 15.9 Å². The van der Waals surface area contributed by atoms with Crippen molar-refractivity contribution in [2.75, 3.05) is 6.56 Å². The standard InChI is InChI=1S/C19H22N2O3S/c1-15-7-9-19(10-8-15)25(22,23)21-20-18-11-17(12-18)14-24-13-16-5-3-2-4-6-16/h2-10,17,21H,11-14H2,1H3/i14D2. The predicted octanol–water partition coefficient (Wildman–Crippen LogP) is 3.26. The van der Waals surface area contributed by atoms with Gasteiger partial charge >= 0.3 is 0 Å². The van der Waals surface area contributed by atoms with Gasteiger partial charge in [-0.25, -0.2) is 4.83 Å². The van der Waals surface area contributed by atoms with Gasteiger partial charge in [-0.05, 0) is 43.4 Å². The van der Waals surface area contributed by atoms with Crippen molar-refractivity contribution in [2.45, 2.75) is 31.3 Å². The second kappa shape index (κ2) is 7.80. The number of hydrogen-bond acceptors (Lipinski definition) is 4. The summed E-state index contributed by atoms with van der Waals surface area (Å²) in [5.74, 6) is -0.344. The van der Waals surface area contributed by atoms with E-state index in [2.05, 4.69) is 9.93 Å². The molecule has 1 N–H and O–H groups in total. The predicted molar refractivity (Wildman–Crippen MR) is 97.8 cm³/mol. The molecule has 2 aromatic rings. The molecule has 0 aliphatic heterocycles. The number of benzene rings is 2. The van der Waals surface area contributed by atoms with Gasteiger partial charge in [0.05, 0.1) is 20.8 Å². The van der Waals surface area contributed by atoms with Crippen molar-refractivity contribution in [2.24, 2.45) is 11.0 Å². The molecule has 1 fully saturated rings. The second-order valence-electron chi connectivity index (χ2n) is 6.08. The van der Waals surface area contributed by atoms with Crippen molar-refractivity contribution >= 4 is 15.7 Å². The van der Waals surface area contributed by atoms with Gasteiger partial charge in [0.1, 0.15) is 0 Å². The summed E-state index contributed by atoms with van der Waals surface area (Å²) in [4.78, 5) is 2.37. The Morgan fingerprint density at radius 2 is 1.84 bits per heavy atom. The average molecular weight is 360 g/mol. The quantitative estimate of drug-likeness (QED) is 0.771. The fourth-order valence-corrected chi connectivity index (χ4v) is 3.24. The van der Waals surface area contributed by atoms with Crippen LogP contribution < -0.4 is 4.83 Å². The molecular weight excluding hydrogens is 336 g/mol. The third-order valence-electron chi connectivity index (χ3n) is 3.95. The number of nitrogens with one attached hydrogen (secondary N) is 1. The number of rotatable bonds is 7. The molecule has 5 nitrogen and oxygen atoms in total. The summed E-state index contributed by atoms with van der Waals surface area (Å²) in [7, 11) is -3.71. The molecule has 0 amide bonds. The Labute approximate surface area is 151 Å². The fourth-order valence-electron chi connectivity index (χ4n) is 2.40. The van der Waals surface area contributed by atoms with Crippen molar-refractivity contribution in [3.8, 4) is 0 Å². The molecular formula is C19H22N2O3S. The first-order chi connectivity index (χ1) is 12.8. The second-order valence-corrected chi connectivity index (χ2v) is 7.74.